The molecule has 8 nitrogen and oxygen atoms in total. The van der Waals surface area contributed by atoms with Crippen molar-refractivity contribution in [3.8, 4) is 5.75 Å². The molecule has 0 atom stereocenters. The van der Waals surface area contributed by atoms with Gasteiger partial charge >= 0.3 is 12.4 Å². The number of carbonyl (C=O) groups excluding carboxylic acids is 3. The van der Waals surface area contributed by atoms with Crippen LogP contribution in [0.25, 0.3) is 0 Å². The molecule has 292 valence electrons. The summed E-state index contributed by atoms with van der Waals surface area (Å²) in [5, 5.41) is 5.19. The molecule has 6 rings (SSSR count). The number of ketones is 1. The van der Waals surface area contributed by atoms with Gasteiger partial charge in [-0.1, -0.05) is 18.2 Å². The average molecular weight is 769 g/mol. The fourth-order valence-electron chi connectivity index (χ4n) is 6.42. The minimum Gasteiger partial charge on any atom is -0.491 e. The van der Waals surface area contributed by atoms with Gasteiger partial charge in [0, 0.05) is 71.7 Å². The van der Waals surface area contributed by atoms with Crippen LogP contribution in [0.4, 0.5) is 49.1 Å². The Balaban J connectivity index is 0.000000211. The SMILES string of the molecule is CC(=O)c1cccc(NC(=O)c2ccc(N3CCCC3)c(C(F)(F)F)c2)c1.CC(C)Oc1cccc(NC(=O)c2ccc(N3CCCC3)c(C(F)(F)F)c2)c1. The highest BCUT2D eigenvalue weighted by Gasteiger charge is 2.37. The molecule has 2 saturated heterocycles. The molecule has 55 heavy (non-hydrogen) atoms. The zero-order valence-electron chi connectivity index (χ0n) is 30.6. The number of alkyl halides is 6. The van der Waals surface area contributed by atoms with Crippen LogP contribution in [0.3, 0.4) is 0 Å². The maximum atomic E-state index is 13.6. The molecule has 2 aliphatic heterocycles. The highest BCUT2D eigenvalue weighted by Crippen LogP contribution is 2.40. The van der Waals surface area contributed by atoms with E-state index in [1.165, 1.54) is 37.3 Å². The first-order valence-electron chi connectivity index (χ1n) is 17.9. The monoisotopic (exact) mass is 768 g/mol. The van der Waals surface area contributed by atoms with Crippen molar-refractivity contribution in [1.29, 1.82) is 0 Å². The van der Waals surface area contributed by atoms with E-state index in [2.05, 4.69) is 10.6 Å². The topological polar surface area (TPSA) is 91.0 Å². The fourth-order valence-corrected chi connectivity index (χ4v) is 6.42. The van der Waals surface area contributed by atoms with E-state index in [4.69, 9.17) is 4.74 Å². The third-order valence-corrected chi connectivity index (χ3v) is 9.01. The number of nitrogens with zero attached hydrogens (tertiary/aromatic N) is 2. The van der Waals surface area contributed by atoms with E-state index < -0.39 is 35.3 Å². The number of Topliss-reactive ketones (excluding diaryl/α,β-unsaturated/α-hetero) is 1. The van der Waals surface area contributed by atoms with Crippen LogP contribution < -0.4 is 25.2 Å². The number of hydrogen-bond donors (Lipinski definition) is 2. The lowest BCUT2D eigenvalue weighted by atomic mass is 10.1. The molecule has 0 bridgehead atoms. The number of carbonyl (C=O) groups is 3. The molecule has 0 radical (unpaired) electrons. The molecule has 0 unspecified atom stereocenters. The van der Waals surface area contributed by atoms with Gasteiger partial charge in [-0.3, -0.25) is 14.4 Å². The van der Waals surface area contributed by atoms with Gasteiger partial charge in [-0.05, 0) is 107 Å². The molecule has 0 aromatic heterocycles. The molecular weight excluding hydrogens is 726 g/mol. The van der Waals surface area contributed by atoms with Crippen molar-refractivity contribution in [2.75, 3.05) is 46.6 Å². The van der Waals surface area contributed by atoms with Crippen LogP contribution in [0.15, 0.2) is 84.9 Å². The number of benzene rings is 4. The van der Waals surface area contributed by atoms with Gasteiger partial charge in [0.05, 0.1) is 17.2 Å². The number of anilines is 4. The van der Waals surface area contributed by atoms with Crippen LogP contribution in [-0.4, -0.2) is 49.9 Å². The third kappa shape index (κ3) is 10.8. The largest absolute Gasteiger partial charge is 0.491 e. The predicted molar refractivity (Wildman–Crippen MR) is 200 cm³/mol. The molecule has 14 heteroatoms. The zero-order chi connectivity index (χ0) is 39.9. The van der Waals surface area contributed by atoms with Gasteiger partial charge in [0.1, 0.15) is 5.75 Å². The summed E-state index contributed by atoms with van der Waals surface area (Å²) >= 11 is 0. The summed E-state index contributed by atoms with van der Waals surface area (Å²) in [4.78, 5) is 39.8. The van der Waals surface area contributed by atoms with Crippen molar-refractivity contribution in [1.82, 2.24) is 0 Å². The molecule has 2 heterocycles. The Hall–Kier alpha value is -5.53. The molecule has 4 aromatic rings. The second-order valence-electron chi connectivity index (χ2n) is 13.6. The van der Waals surface area contributed by atoms with E-state index in [0.29, 0.717) is 48.9 Å². The minimum atomic E-state index is -4.55. The van der Waals surface area contributed by atoms with E-state index in [9.17, 15) is 40.7 Å². The van der Waals surface area contributed by atoms with Crippen LogP contribution >= 0.6 is 0 Å². The molecule has 2 N–H and O–H groups in total. The van der Waals surface area contributed by atoms with Crippen LogP contribution in [0, 0.1) is 0 Å². The Morgan fingerprint density at radius 3 is 1.45 bits per heavy atom. The summed E-state index contributed by atoms with van der Waals surface area (Å²) in [7, 11) is 0. The van der Waals surface area contributed by atoms with E-state index >= 15 is 0 Å². The Kier molecular flexibility index (Phi) is 12.8. The van der Waals surface area contributed by atoms with E-state index in [0.717, 1.165) is 37.8 Å². The van der Waals surface area contributed by atoms with Gasteiger partial charge in [0.25, 0.3) is 11.8 Å². The van der Waals surface area contributed by atoms with Gasteiger partial charge in [-0.25, -0.2) is 0 Å². The summed E-state index contributed by atoms with van der Waals surface area (Å²) in [5.74, 6) is -0.845. The van der Waals surface area contributed by atoms with Crippen molar-refractivity contribution in [2.24, 2.45) is 0 Å². The van der Waals surface area contributed by atoms with Crippen molar-refractivity contribution in [3.63, 3.8) is 0 Å². The molecule has 2 fully saturated rings. The first kappa shape index (κ1) is 40.7. The maximum Gasteiger partial charge on any atom is 0.418 e. The molecule has 0 aliphatic carbocycles. The van der Waals surface area contributed by atoms with Gasteiger partial charge in [0.2, 0.25) is 0 Å². The lowest BCUT2D eigenvalue weighted by Gasteiger charge is -2.23. The number of hydrogen-bond acceptors (Lipinski definition) is 6. The van der Waals surface area contributed by atoms with Crippen molar-refractivity contribution < 1.29 is 45.5 Å². The first-order chi connectivity index (χ1) is 26.0. The van der Waals surface area contributed by atoms with Crippen LogP contribution in [-0.2, 0) is 12.4 Å². The molecule has 2 aliphatic rings. The summed E-state index contributed by atoms with van der Waals surface area (Å²) in [6.45, 7) is 7.50. The van der Waals surface area contributed by atoms with Gasteiger partial charge in [-0.15, -0.1) is 0 Å². The molecular formula is C41H42F6N4O4. The van der Waals surface area contributed by atoms with E-state index in [-0.39, 0.29) is 34.4 Å². The highest BCUT2D eigenvalue weighted by molar-refractivity contribution is 6.06. The number of nitrogens with one attached hydrogen (secondary N) is 2. The zero-order valence-corrected chi connectivity index (χ0v) is 30.6. The average Bonchev–Trinajstić information content (AvgIpc) is 3.87. The Morgan fingerprint density at radius 1 is 0.600 bits per heavy atom. The summed E-state index contributed by atoms with van der Waals surface area (Å²) < 4.78 is 86.8. The highest BCUT2D eigenvalue weighted by atomic mass is 19.4. The number of ether oxygens (including phenoxy) is 1. The van der Waals surface area contributed by atoms with Crippen molar-refractivity contribution >= 4 is 40.3 Å². The molecule has 0 spiro atoms. The van der Waals surface area contributed by atoms with Crippen LogP contribution in [0.2, 0.25) is 0 Å². The Morgan fingerprint density at radius 2 is 1.04 bits per heavy atom. The number of halogens is 6. The van der Waals surface area contributed by atoms with E-state index in [1.54, 1.807) is 52.3 Å². The number of amides is 2. The molecule has 0 saturated carbocycles. The Bertz CT molecular complexity index is 2000. The normalized spacial score (nSPS) is 14.4. The second kappa shape index (κ2) is 17.3. The smallest absolute Gasteiger partial charge is 0.418 e. The molecule has 2 amide bonds. The second-order valence-corrected chi connectivity index (χ2v) is 13.6. The summed E-state index contributed by atoms with van der Waals surface area (Å²) in [6.07, 6.45) is -5.67. The first-order valence-corrected chi connectivity index (χ1v) is 17.9. The Labute approximate surface area is 315 Å². The van der Waals surface area contributed by atoms with Crippen molar-refractivity contribution in [3.05, 3.63) is 113 Å². The maximum absolute atomic E-state index is 13.6. The van der Waals surface area contributed by atoms with E-state index in [1.807, 2.05) is 13.8 Å². The summed E-state index contributed by atoms with van der Waals surface area (Å²) in [5.41, 5.74) is -0.250. The van der Waals surface area contributed by atoms with Gasteiger partial charge < -0.3 is 25.2 Å². The van der Waals surface area contributed by atoms with Gasteiger partial charge in [-0.2, -0.15) is 26.3 Å². The predicted octanol–water partition coefficient (Wildman–Crippen LogP) is 10.1. The van der Waals surface area contributed by atoms with Gasteiger partial charge in [0.15, 0.2) is 5.78 Å². The quantitative estimate of drug-likeness (QED) is 0.130. The lowest BCUT2D eigenvalue weighted by molar-refractivity contribution is -0.138. The lowest BCUT2D eigenvalue weighted by Crippen LogP contribution is -2.23. The summed E-state index contributed by atoms with van der Waals surface area (Å²) in [6, 6.07) is 20.4. The van der Waals surface area contributed by atoms with Crippen LogP contribution in [0.1, 0.15) is 88.7 Å². The number of rotatable bonds is 9. The van der Waals surface area contributed by atoms with Crippen molar-refractivity contribution in [2.45, 2.75) is 64.9 Å². The minimum absolute atomic E-state index is 0.0292. The fraction of sp³-hybridized carbons (Fsp3) is 0.341. The molecule has 4 aromatic carbocycles. The third-order valence-electron chi connectivity index (χ3n) is 9.01. The standard InChI is InChI=1S/C21H23F3N2O2.C20H19F3N2O2/c1-14(2)28-17-7-5-6-16(13-17)25-20(27)15-8-9-19(26-10-3-4-11-26)18(12-15)21(22,23)24;1-13(26)14-5-4-6-16(11-14)24-19(27)15-7-8-18(25-9-2-3-10-25)17(12-15)20(21,22)23/h5-9,12-14H,3-4,10-11H2,1-2H3,(H,25,27);4-8,11-12H,2-3,9-10H2,1H3,(H,24,27). The van der Waals surface area contributed by atoms with Crippen LogP contribution in [0.5, 0.6) is 5.75 Å².